The van der Waals surface area contributed by atoms with Gasteiger partial charge in [0.2, 0.25) is 0 Å². The van der Waals surface area contributed by atoms with Gasteiger partial charge in [-0.15, -0.1) is 0 Å². The molecule has 2 atom stereocenters. The summed E-state index contributed by atoms with van der Waals surface area (Å²) in [7, 11) is 0. The van der Waals surface area contributed by atoms with Crippen LogP contribution < -0.4 is 0 Å². The summed E-state index contributed by atoms with van der Waals surface area (Å²) in [6.07, 6.45) is 2.05. The van der Waals surface area contributed by atoms with Crippen LogP contribution in [0.15, 0.2) is 0 Å². The fraction of sp³-hybridized carbons (Fsp3) is 1.00. The first-order chi connectivity index (χ1) is 2.77. The van der Waals surface area contributed by atoms with Crippen molar-refractivity contribution >= 4 is 16.9 Å². The van der Waals surface area contributed by atoms with Gasteiger partial charge in [0, 0.05) is 0 Å². The standard InChI is InChI=1S/C4H11AsO/c1-2-3-4(5)6/h4,6H,2-3,5H2,1H3. The van der Waals surface area contributed by atoms with E-state index in [1.165, 1.54) is 16.9 Å². The van der Waals surface area contributed by atoms with E-state index in [2.05, 4.69) is 6.92 Å². The van der Waals surface area contributed by atoms with E-state index in [1.807, 2.05) is 0 Å². The van der Waals surface area contributed by atoms with Gasteiger partial charge in [0.25, 0.3) is 0 Å². The molecule has 0 saturated heterocycles. The number of rotatable bonds is 2. The molecule has 0 heterocycles. The molecule has 0 aliphatic heterocycles. The Kier molecular flexibility index (Phi) is 4.02. The van der Waals surface area contributed by atoms with Gasteiger partial charge in [0.15, 0.2) is 0 Å². The van der Waals surface area contributed by atoms with Crippen molar-refractivity contribution in [3.8, 4) is 0 Å². The first kappa shape index (κ1) is 6.52. The van der Waals surface area contributed by atoms with Crippen molar-refractivity contribution in [2.24, 2.45) is 0 Å². The van der Waals surface area contributed by atoms with Crippen molar-refractivity contribution in [2.75, 3.05) is 0 Å². The number of aliphatic hydroxyl groups excluding tert-OH is 1. The van der Waals surface area contributed by atoms with Gasteiger partial charge in [-0.3, -0.25) is 0 Å². The maximum atomic E-state index is 8.58. The average molecular weight is 150 g/mol. The van der Waals surface area contributed by atoms with Gasteiger partial charge in [-0.05, 0) is 0 Å². The second-order valence-corrected chi connectivity index (χ2v) is 2.97. The van der Waals surface area contributed by atoms with Crippen LogP contribution in [-0.2, 0) is 0 Å². The molecule has 2 heteroatoms. The zero-order chi connectivity index (χ0) is 4.99. The molecule has 0 aliphatic rings. The molecule has 0 aromatic carbocycles. The molecule has 0 fully saturated rings. The van der Waals surface area contributed by atoms with Crippen molar-refractivity contribution in [1.82, 2.24) is 0 Å². The van der Waals surface area contributed by atoms with E-state index >= 15 is 0 Å². The summed E-state index contributed by atoms with van der Waals surface area (Å²) in [6, 6.07) is 0. The molecule has 0 amide bonds. The fourth-order valence-corrected chi connectivity index (χ4v) is 0.995. The van der Waals surface area contributed by atoms with Crippen LogP contribution in [0.4, 0.5) is 0 Å². The molecule has 0 aliphatic carbocycles. The molecule has 1 nitrogen and oxygen atoms in total. The van der Waals surface area contributed by atoms with Crippen LogP contribution in [0.25, 0.3) is 0 Å². The monoisotopic (exact) mass is 150 g/mol. The predicted octanol–water partition coefficient (Wildman–Crippen LogP) is -0.262. The Bertz CT molecular complexity index is 28.7. The minimum atomic E-state index is -0.0394. The summed E-state index contributed by atoms with van der Waals surface area (Å²) in [6.45, 7) is 2.07. The van der Waals surface area contributed by atoms with E-state index in [9.17, 15) is 0 Å². The number of hydrogen-bond donors (Lipinski definition) is 1. The van der Waals surface area contributed by atoms with E-state index in [4.69, 9.17) is 5.11 Å². The quantitative estimate of drug-likeness (QED) is 0.537. The van der Waals surface area contributed by atoms with Crippen LogP contribution in [0.1, 0.15) is 19.8 Å². The van der Waals surface area contributed by atoms with Gasteiger partial charge >= 0.3 is 46.6 Å². The van der Waals surface area contributed by atoms with Gasteiger partial charge in [-0.25, -0.2) is 0 Å². The fourth-order valence-electron chi connectivity index (χ4n) is 0.296. The third-order valence-electron chi connectivity index (χ3n) is 0.584. The summed E-state index contributed by atoms with van der Waals surface area (Å²) in [5, 5.41) is 8.58. The molecular formula is C4H11AsO. The topological polar surface area (TPSA) is 20.2 Å². The third kappa shape index (κ3) is 4.52. The first-order valence-electron chi connectivity index (χ1n) is 2.21. The Morgan fingerprint density at radius 1 is 1.83 bits per heavy atom. The molecule has 0 radical (unpaired) electrons. The molecule has 0 saturated carbocycles. The zero-order valence-electron chi connectivity index (χ0n) is 4.02. The van der Waals surface area contributed by atoms with Crippen molar-refractivity contribution in [1.29, 1.82) is 0 Å². The average Bonchev–Trinajstić information content (AvgIpc) is 1.35. The van der Waals surface area contributed by atoms with E-state index in [0.29, 0.717) is 0 Å². The molecule has 0 rings (SSSR count). The van der Waals surface area contributed by atoms with Crippen LogP contribution in [-0.4, -0.2) is 26.9 Å². The van der Waals surface area contributed by atoms with Gasteiger partial charge < -0.3 is 0 Å². The first-order valence-corrected chi connectivity index (χ1v) is 3.61. The zero-order valence-corrected chi connectivity index (χ0v) is 6.44. The van der Waals surface area contributed by atoms with Gasteiger partial charge in [0.1, 0.15) is 0 Å². The van der Waals surface area contributed by atoms with Crippen molar-refractivity contribution in [2.45, 2.75) is 24.7 Å². The van der Waals surface area contributed by atoms with Crippen molar-refractivity contribution in [3.05, 3.63) is 0 Å². The molecular weight excluding hydrogens is 139 g/mol. The molecule has 0 aromatic rings. The second-order valence-electron chi connectivity index (χ2n) is 1.36. The van der Waals surface area contributed by atoms with E-state index < -0.39 is 0 Å². The summed E-state index contributed by atoms with van der Waals surface area (Å²) in [5.41, 5.74) is 0. The molecule has 38 valence electrons. The van der Waals surface area contributed by atoms with Gasteiger partial charge in [0.05, 0.1) is 0 Å². The van der Waals surface area contributed by atoms with Gasteiger partial charge in [-0.1, -0.05) is 0 Å². The molecule has 0 spiro atoms. The second kappa shape index (κ2) is 3.70. The molecule has 0 aromatic heterocycles. The number of hydrogen-bond acceptors (Lipinski definition) is 1. The third-order valence-corrected chi connectivity index (χ3v) is 1.28. The molecule has 0 bridgehead atoms. The normalized spacial score (nSPS) is 14.5. The number of aliphatic hydroxyl groups is 1. The van der Waals surface area contributed by atoms with E-state index in [0.717, 1.165) is 12.8 Å². The SMILES string of the molecule is CCCC(O)[AsH2]. The molecule has 6 heavy (non-hydrogen) atoms. The van der Waals surface area contributed by atoms with Crippen LogP contribution in [0.3, 0.4) is 0 Å². The summed E-state index contributed by atoms with van der Waals surface area (Å²) in [4.78, 5) is -0.0394. The summed E-state index contributed by atoms with van der Waals surface area (Å²) >= 11 is 1.42. The Labute approximate surface area is 47.2 Å². The summed E-state index contributed by atoms with van der Waals surface area (Å²) < 4.78 is 0. The maximum absolute atomic E-state index is 8.58. The Morgan fingerprint density at radius 2 is 2.33 bits per heavy atom. The minimum absolute atomic E-state index is 0.0394. The van der Waals surface area contributed by atoms with Gasteiger partial charge in [-0.2, -0.15) is 0 Å². The summed E-state index contributed by atoms with van der Waals surface area (Å²) in [5.74, 6) is 0. The van der Waals surface area contributed by atoms with Crippen molar-refractivity contribution in [3.63, 3.8) is 0 Å². The van der Waals surface area contributed by atoms with Crippen LogP contribution in [0, 0.1) is 0 Å². The Balaban J connectivity index is 2.63. The van der Waals surface area contributed by atoms with Crippen LogP contribution in [0.5, 0.6) is 0 Å². The van der Waals surface area contributed by atoms with E-state index in [1.54, 1.807) is 0 Å². The Morgan fingerprint density at radius 3 is 2.33 bits per heavy atom. The van der Waals surface area contributed by atoms with Crippen LogP contribution >= 0.6 is 0 Å². The van der Waals surface area contributed by atoms with Crippen LogP contribution in [0.2, 0.25) is 0 Å². The molecule has 1 N–H and O–H groups in total. The van der Waals surface area contributed by atoms with Crippen molar-refractivity contribution < 1.29 is 5.11 Å². The Hall–Kier alpha value is 0.518. The molecule has 2 unspecified atom stereocenters. The van der Waals surface area contributed by atoms with E-state index in [-0.39, 0.29) is 4.89 Å². The predicted molar refractivity (Wildman–Crippen MR) is 29.5 cm³/mol.